The molecule has 0 aromatic heterocycles. The van der Waals surface area contributed by atoms with Crippen LogP contribution < -0.4 is 0 Å². The minimum atomic E-state index is -9.67. The highest BCUT2D eigenvalue weighted by atomic mass is 19.4. The number of benzene rings is 1. The molecule has 0 saturated heterocycles. The van der Waals surface area contributed by atoms with E-state index >= 15 is 0 Å². The number of hydrogen-bond donors (Lipinski definition) is 0. The van der Waals surface area contributed by atoms with E-state index in [1.807, 2.05) is 0 Å². The predicted molar refractivity (Wildman–Crippen MR) is 116 cm³/mol. The molecule has 0 atom stereocenters. The Bertz CT molecular complexity index is 1670. The van der Waals surface area contributed by atoms with Crippen LogP contribution in [0.1, 0.15) is 18.1 Å². The van der Waals surface area contributed by atoms with Crippen LogP contribution in [0.2, 0.25) is 0 Å². The zero-order valence-electron chi connectivity index (χ0n) is 26.4. The molecule has 60 heavy (non-hydrogen) atoms. The fraction of sp³-hybridized carbons (Fsp3) is 0.750. The lowest BCUT2D eigenvalue weighted by molar-refractivity contribution is -0.528. The van der Waals surface area contributed by atoms with Gasteiger partial charge in [-0.2, -0.15) is 154 Å². The third-order valence-electron chi connectivity index (χ3n) is 7.47. The summed E-state index contributed by atoms with van der Waals surface area (Å²) in [4.78, 5) is 0. The van der Waals surface area contributed by atoms with Gasteiger partial charge in [0, 0.05) is 18.1 Å². The molecular weight excluding hydrogens is 969 g/mol. The Morgan fingerprint density at radius 1 is 0.283 bits per heavy atom. The molecule has 1 aromatic carbocycles. The normalized spacial score (nSPS) is 16.7. The zero-order chi connectivity index (χ0) is 49.2. The Morgan fingerprint density at radius 2 is 0.483 bits per heavy atom. The first-order valence-corrected chi connectivity index (χ1v) is 13.3. The number of hydrogen-bond acceptors (Lipinski definition) is 1. The Kier molecular flexibility index (Phi) is 12.7. The van der Waals surface area contributed by atoms with E-state index in [-0.39, 0.29) is 0 Å². The highest BCUT2D eigenvalue weighted by Gasteiger charge is 2.96. The van der Waals surface area contributed by atoms with Gasteiger partial charge in [0.2, 0.25) is 0 Å². The Balaban J connectivity index is 3.89. The van der Waals surface area contributed by atoms with E-state index in [9.17, 15) is 154 Å². The highest BCUT2D eigenvalue weighted by molar-refractivity contribution is 5.33. The molecule has 0 aliphatic rings. The first-order valence-electron chi connectivity index (χ1n) is 13.3. The second-order valence-corrected chi connectivity index (χ2v) is 11.6. The van der Waals surface area contributed by atoms with E-state index in [1.165, 1.54) is 0 Å². The predicted octanol–water partition coefficient (Wildman–Crippen LogP) is 13.3. The van der Waals surface area contributed by atoms with Gasteiger partial charge in [0.1, 0.15) is 0 Å². The van der Waals surface area contributed by atoms with E-state index in [2.05, 4.69) is 0 Å². The summed E-state index contributed by atoms with van der Waals surface area (Å²) in [6.07, 6.45) is -25.4. The van der Waals surface area contributed by atoms with Crippen molar-refractivity contribution in [3.8, 4) is 0 Å². The molecule has 1 rings (SSSR count). The maximum Gasteiger partial charge on any atom is 0.458 e. The molecule has 0 unspecified atom stereocenters. The van der Waals surface area contributed by atoms with Gasteiger partial charge in [-0.1, -0.05) is 24.3 Å². The largest absolute Gasteiger partial charge is 0.458 e. The van der Waals surface area contributed by atoms with E-state index in [1.54, 1.807) is 0 Å². The minimum Gasteiger partial charge on any atom is -0.262 e. The molecule has 0 heterocycles. The average molecular weight is 976 g/mol. The van der Waals surface area contributed by atoms with Crippen LogP contribution >= 0.6 is 0 Å². The van der Waals surface area contributed by atoms with Crippen molar-refractivity contribution >= 4 is 0 Å². The molecular formula is C24H7F35O. The van der Waals surface area contributed by atoms with Crippen LogP contribution in [-0.4, -0.2) is 89.5 Å². The third kappa shape index (κ3) is 6.95. The first-order chi connectivity index (χ1) is 25.4. The molecule has 1 nitrogen and oxygen atoms in total. The standard InChI is InChI=1S/C24H7F35O/c1-8(25,26)11(31,32)14(37,38)15(39,40)12(33,34)9(27,28)6-2-4-7(5-3-6)10(29,30)13(35,36)16(41,42)17(43,44)18(45,46)19(47,48)20(49,50)24(58,59)60-21(51,22(52,53)54)23(55,56)57/h2-5H,1H3. The lowest BCUT2D eigenvalue weighted by atomic mass is 9.86. The molecule has 0 amide bonds. The summed E-state index contributed by atoms with van der Waals surface area (Å²) >= 11 is 0. The smallest absolute Gasteiger partial charge is 0.262 e. The van der Waals surface area contributed by atoms with Gasteiger partial charge in [0.05, 0.1) is 0 Å². The van der Waals surface area contributed by atoms with Gasteiger partial charge in [-0.25, -0.2) is 0 Å². The van der Waals surface area contributed by atoms with Crippen molar-refractivity contribution < 1.29 is 158 Å². The number of rotatable bonds is 16. The van der Waals surface area contributed by atoms with Gasteiger partial charge in [0.25, 0.3) is 0 Å². The maximum absolute atomic E-state index is 14.5. The van der Waals surface area contributed by atoms with Crippen LogP contribution in [0.15, 0.2) is 24.3 Å². The monoisotopic (exact) mass is 976 g/mol. The van der Waals surface area contributed by atoms with Gasteiger partial charge in [-0.3, -0.25) is 4.74 Å². The molecule has 0 bridgehead atoms. The van der Waals surface area contributed by atoms with Gasteiger partial charge in [0.15, 0.2) is 0 Å². The average Bonchev–Trinajstić information content (AvgIpc) is 3.01. The molecule has 36 heteroatoms. The van der Waals surface area contributed by atoms with E-state index < -0.39 is 144 Å². The van der Waals surface area contributed by atoms with Gasteiger partial charge in [-0.05, 0) is 0 Å². The second kappa shape index (κ2) is 13.9. The van der Waals surface area contributed by atoms with Gasteiger partial charge < -0.3 is 0 Å². The molecule has 1 aromatic rings. The van der Waals surface area contributed by atoms with Crippen molar-refractivity contribution in [1.29, 1.82) is 0 Å². The van der Waals surface area contributed by atoms with Crippen LogP contribution in [0.3, 0.4) is 0 Å². The molecule has 0 radical (unpaired) electrons. The molecule has 354 valence electrons. The lowest BCUT2D eigenvalue weighted by Crippen LogP contribution is -2.75. The summed E-state index contributed by atoms with van der Waals surface area (Å²) in [5.41, 5.74) is -6.93. The molecule has 0 spiro atoms. The van der Waals surface area contributed by atoms with Crippen LogP contribution in [0.5, 0.6) is 0 Å². The van der Waals surface area contributed by atoms with Crippen molar-refractivity contribution in [2.75, 3.05) is 0 Å². The summed E-state index contributed by atoms with van der Waals surface area (Å²) in [6.45, 7) is -1.36. The maximum atomic E-state index is 14.5. The van der Waals surface area contributed by atoms with Crippen molar-refractivity contribution in [1.82, 2.24) is 0 Å². The number of ether oxygens (including phenoxy) is 1. The first kappa shape index (κ1) is 54.7. The van der Waals surface area contributed by atoms with Crippen molar-refractivity contribution in [3.05, 3.63) is 35.4 Å². The van der Waals surface area contributed by atoms with Gasteiger partial charge >= 0.3 is 101 Å². The SMILES string of the molecule is CC(F)(F)C(F)(F)C(F)(F)C(F)(F)C(F)(F)C(F)(F)c1ccc(C(F)(F)C(F)(F)C(F)(F)C(F)(F)C(F)(F)C(F)(F)C(F)(F)C(F)(F)OC(F)(C(F)(F)F)C(F)(F)F)cc1. The molecule has 0 saturated carbocycles. The summed E-state index contributed by atoms with van der Waals surface area (Å²) in [5, 5.41) is 0. The molecule has 0 aliphatic carbocycles. The van der Waals surface area contributed by atoms with Crippen molar-refractivity contribution in [2.24, 2.45) is 0 Å². The van der Waals surface area contributed by atoms with Crippen LogP contribution in [-0.2, 0) is 16.6 Å². The van der Waals surface area contributed by atoms with Crippen LogP contribution in [0.4, 0.5) is 154 Å². The minimum absolute atomic E-state index is 0.840. The topological polar surface area (TPSA) is 9.23 Å². The van der Waals surface area contributed by atoms with E-state index in [0.29, 0.717) is 0 Å². The Morgan fingerprint density at radius 3 is 0.700 bits per heavy atom. The van der Waals surface area contributed by atoms with Crippen molar-refractivity contribution in [3.63, 3.8) is 0 Å². The van der Waals surface area contributed by atoms with Crippen LogP contribution in [0.25, 0.3) is 0 Å². The lowest BCUT2D eigenvalue weighted by Gasteiger charge is -2.44. The second-order valence-electron chi connectivity index (χ2n) is 11.6. The summed E-state index contributed by atoms with van der Waals surface area (Å²) < 4.78 is 477. The highest BCUT2D eigenvalue weighted by Crippen LogP contribution is 2.67. The summed E-state index contributed by atoms with van der Waals surface area (Å²) in [5.74, 6) is -119. The molecule has 0 N–H and O–H groups in total. The molecule has 0 fully saturated rings. The van der Waals surface area contributed by atoms with Crippen molar-refractivity contribution in [2.45, 2.75) is 108 Å². The van der Waals surface area contributed by atoms with Crippen LogP contribution in [0, 0.1) is 0 Å². The van der Waals surface area contributed by atoms with Gasteiger partial charge in [-0.15, -0.1) is 0 Å². The summed E-state index contributed by atoms with van der Waals surface area (Å²) in [6, 6.07) is -6.34. The Hall–Kier alpha value is -3.27. The fourth-order valence-corrected chi connectivity index (χ4v) is 3.80. The number of halogens is 35. The molecule has 0 aliphatic heterocycles. The zero-order valence-corrected chi connectivity index (χ0v) is 26.4. The Labute approximate surface area is 303 Å². The summed E-state index contributed by atoms with van der Waals surface area (Å²) in [7, 11) is 0. The van der Waals surface area contributed by atoms with E-state index in [0.717, 1.165) is 4.74 Å². The fourth-order valence-electron chi connectivity index (χ4n) is 3.80. The third-order valence-corrected chi connectivity index (χ3v) is 7.47. The number of alkyl halides is 35. The quantitative estimate of drug-likeness (QED) is 0.150. The van der Waals surface area contributed by atoms with E-state index in [4.69, 9.17) is 0 Å².